The second kappa shape index (κ2) is 4.71. The first-order valence-corrected chi connectivity index (χ1v) is 6.76. The highest BCUT2D eigenvalue weighted by atomic mass is 16.4. The van der Waals surface area contributed by atoms with E-state index in [4.69, 9.17) is 0 Å². The number of hydrogen-bond donors (Lipinski definition) is 1. The van der Waals surface area contributed by atoms with Crippen LogP contribution in [0.1, 0.15) is 30.7 Å². The standard InChI is InChI=1S/C16H16N2O2/c1-11-5-2-3-6-12(11)13-7-10-17-14(18-13)16(15(19)20)8-4-9-16/h2-3,5-7,10H,4,8-9H2,1H3,(H,19,20). The fourth-order valence-corrected chi connectivity index (χ4v) is 2.66. The van der Waals surface area contributed by atoms with Crippen LogP contribution in [0.25, 0.3) is 11.3 Å². The first-order valence-electron chi connectivity index (χ1n) is 6.76. The van der Waals surface area contributed by atoms with Gasteiger partial charge >= 0.3 is 5.97 Å². The van der Waals surface area contributed by atoms with E-state index in [-0.39, 0.29) is 0 Å². The molecule has 2 aromatic rings. The fourth-order valence-electron chi connectivity index (χ4n) is 2.66. The summed E-state index contributed by atoms with van der Waals surface area (Å²) in [5.74, 6) is -0.373. The van der Waals surface area contributed by atoms with Crippen LogP contribution in [-0.4, -0.2) is 21.0 Å². The molecule has 4 nitrogen and oxygen atoms in total. The Morgan fingerprint density at radius 3 is 2.60 bits per heavy atom. The maximum absolute atomic E-state index is 11.5. The predicted octanol–water partition coefficient (Wildman–Crippen LogP) is 2.96. The van der Waals surface area contributed by atoms with Crippen molar-refractivity contribution in [1.29, 1.82) is 0 Å². The number of nitrogens with zero attached hydrogens (tertiary/aromatic N) is 2. The number of carboxylic acid groups (broad SMARTS) is 1. The van der Waals surface area contributed by atoms with Gasteiger partial charge in [0.05, 0.1) is 5.69 Å². The number of benzene rings is 1. The fraction of sp³-hybridized carbons (Fsp3) is 0.312. The third kappa shape index (κ3) is 1.88. The van der Waals surface area contributed by atoms with E-state index in [9.17, 15) is 9.90 Å². The van der Waals surface area contributed by atoms with Gasteiger partial charge in [0.2, 0.25) is 0 Å². The normalized spacial score (nSPS) is 16.4. The first-order chi connectivity index (χ1) is 9.63. The molecular weight excluding hydrogens is 252 g/mol. The molecule has 0 spiro atoms. The van der Waals surface area contributed by atoms with Crippen LogP contribution in [-0.2, 0) is 10.2 Å². The molecule has 20 heavy (non-hydrogen) atoms. The van der Waals surface area contributed by atoms with Crippen molar-refractivity contribution in [3.8, 4) is 11.3 Å². The highest BCUT2D eigenvalue weighted by molar-refractivity contribution is 5.81. The molecule has 4 heteroatoms. The minimum Gasteiger partial charge on any atom is -0.480 e. The number of carbonyl (C=O) groups is 1. The summed E-state index contributed by atoms with van der Waals surface area (Å²) in [5.41, 5.74) is 2.06. The van der Waals surface area contributed by atoms with E-state index in [0.29, 0.717) is 18.7 Å². The Morgan fingerprint density at radius 1 is 1.25 bits per heavy atom. The van der Waals surface area contributed by atoms with Gasteiger partial charge in [-0.2, -0.15) is 0 Å². The minimum atomic E-state index is -0.876. The summed E-state index contributed by atoms with van der Waals surface area (Å²) in [7, 11) is 0. The van der Waals surface area contributed by atoms with Gasteiger partial charge in [0, 0.05) is 11.8 Å². The van der Waals surface area contributed by atoms with Crippen molar-refractivity contribution in [3.63, 3.8) is 0 Å². The van der Waals surface area contributed by atoms with Crippen molar-refractivity contribution >= 4 is 5.97 Å². The first kappa shape index (κ1) is 12.8. The SMILES string of the molecule is Cc1ccccc1-c1ccnc(C2(C(=O)O)CCC2)n1. The summed E-state index contributed by atoms with van der Waals surface area (Å²) in [6, 6.07) is 9.79. The van der Waals surface area contributed by atoms with Gasteiger partial charge in [-0.3, -0.25) is 4.79 Å². The van der Waals surface area contributed by atoms with Gasteiger partial charge in [0.1, 0.15) is 11.2 Å². The van der Waals surface area contributed by atoms with E-state index in [1.165, 1.54) is 0 Å². The zero-order valence-corrected chi connectivity index (χ0v) is 11.3. The van der Waals surface area contributed by atoms with E-state index < -0.39 is 11.4 Å². The molecule has 1 aliphatic carbocycles. The molecule has 1 N–H and O–H groups in total. The molecule has 1 heterocycles. The lowest BCUT2D eigenvalue weighted by Crippen LogP contribution is -2.43. The predicted molar refractivity (Wildman–Crippen MR) is 75.4 cm³/mol. The Kier molecular flexibility index (Phi) is 3.01. The molecule has 1 saturated carbocycles. The molecule has 1 aromatic heterocycles. The third-order valence-corrected chi connectivity index (χ3v) is 4.12. The lowest BCUT2D eigenvalue weighted by atomic mass is 9.68. The summed E-state index contributed by atoms with van der Waals surface area (Å²) in [4.78, 5) is 20.3. The van der Waals surface area contributed by atoms with Gasteiger partial charge in [-0.25, -0.2) is 9.97 Å². The molecule has 1 aliphatic rings. The number of aliphatic carboxylic acids is 1. The largest absolute Gasteiger partial charge is 0.480 e. The van der Waals surface area contributed by atoms with Gasteiger partial charge in [0.15, 0.2) is 0 Å². The van der Waals surface area contributed by atoms with Crippen LogP contribution in [0.5, 0.6) is 0 Å². The van der Waals surface area contributed by atoms with Gasteiger partial charge in [0.25, 0.3) is 0 Å². The van der Waals surface area contributed by atoms with E-state index >= 15 is 0 Å². The van der Waals surface area contributed by atoms with Gasteiger partial charge in [-0.05, 0) is 31.4 Å². The lowest BCUT2D eigenvalue weighted by molar-refractivity contribution is -0.147. The van der Waals surface area contributed by atoms with Gasteiger partial charge in [-0.1, -0.05) is 30.7 Å². The van der Waals surface area contributed by atoms with Crippen molar-refractivity contribution in [3.05, 3.63) is 47.9 Å². The zero-order valence-electron chi connectivity index (χ0n) is 11.3. The number of hydrogen-bond acceptors (Lipinski definition) is 3. The average Bonchev–Trinajstić information content (AvgIpc) is 2.38. The average molecular weight is 268 g/mol. The van der Waals surface area contributed by atoms with Crippen molar-refractivity contribution in [2.24, 2.45) is 0 Å². The molecule has 1 aromatic carbocycles. The topological polar surface area (TPSA) is 63.1 Å². The summed E-state index contributed by atoms with van der Waals surface area (Å²) < 4.78 is 0. The van der Waals surface area contributed by atoms with E-state index in [2.05, 4.69) is 9.97 Å². The molecule has 0 bridgehead atoms. The molecule has 0 aliphatic heterocycles. The minimum absolute atomic E-state index is 0.442. The molecule has 0 radical (unpaired) electrons. The van der Waals surface area contributed by atoms with Crippen molar-refractivity contribution in [1.82, 2.24) is 9.97 Å². The van der Waals surface area contributed by atoms with Crippen LogP contribution >= 0.6 is 0 Å². The van der Waals surface area contributed by atoms with Gasteiger partial charge < -0.3 is 5.11 Å². The van der Waals surface area contributed by atoms with Crippen molar-refractivity contribution in [2.75, 3.05) is 0 Å². The lowest BCUT2D eigenvalue weighted by Gasteiger charge is -2.35. The number of carboxylic acids is 1. The van der Waals surface area contributed by atoms with Crippen molar-refractivity contribution in [2.45, 2.75) is 31.6 Å². The Morgan fingerprint density at radius 2 is 2.00 bits per heavy atom. The quantitative estimate of drug-likeness (QED) is 0.929. The van der Waals surface area contributed by atoms with Crippen LogP contribution in [0.15, 0.2) is 36.5 Å². The molecular formula is C16H16N2O2. The second-order valence-electron chi connectivity index (χ2n) is 5.32. The highest BCUT2D eigenvalue weighted by Crippen LogP contribution is 2.42. The maximum atomic E-state index is 11.5. The van der Waals surface area contributed by atoms with Crippen LogP contribution in [0.3, 0.4) is 0 Å². The second-order valence-corrected chi connectivity index (χ2v) is 5.32. The number of aromatic nitrogens is 2. The van der Waals surface area contributed by atoms with Crippen LogP contribution < -0.4 is 0 Å². The zero-order chi connectivity index (χ0) is 14.2. The summed E-state index contributed by atoms with van der Waals surface area (Å²) in [5, 5.41) is 9.47. The highest BCUT2D eigenvalue weighted by Gasteiger charge is 2.48. The Balaban J connectivity index is 2.07. The Hall–Kier alpha value is -2.23. The summed E-state index contributed by atoms with van der Waals surface area (Å²) in [6.07, 6.45) is 3.83. The monoisotopic (exact) mass is 268 g/mol. The molecule has 1 fully saturated rings. The van der Waals surface area contributed by atoms with Crippen LogP contribution in [0.2, 0.25) is 0 Å². The smallest absolute Gasteiger partial charge is 0.317 e. The number of aryl methyl sites for hydroxylation is 1. The molecule has 0 saturated heterocycles. The van der Waals surface area contributed by atoms with Crippen molar-refractivity contribution < 1.29 is 9.90 Å². The van der Waals surface area contributed by atoms with Crippen LogP contribution in [0.4, 0.5) is 0 Å². The molecule has 0 unspecified atom stereocenters. The molecule has 3 rings (SSSR count). The Bertz CT molecular complexity index is 663. The molecule has 0 atom stereocenters. The van der Waals surface area contributed by atoms with Crippen LogP contribution in [0, 0.1) is 6.92 Å². The third-order valence-electron chi connectivity index (χ3n) is 4.12. The Labute approximate surface area is 117 Å². The summed E-state index contributed by atoms with van der Waals surface area (Å²) in [6.45, 7) is 2.02. The molecule has 102 valence electrons. The van der Waals surface area contributed by atoms with Gasteiger partial charge in [-0.15, -0.1) is 0 Å². The molecule has 0 amide bonds. The maximum Gasteiger partial charge on any atom is 0.317 e. The van der Waals surface area contributed by atoms with E-state index in [0.717, 1.165) is 23.2 Å². The van der Waals surface area contributed by atoms with E-state index in [1.54, 1.807) is 6.20 Å². The summed E-state index contributed by atoms with van der Waals surface area (Å²) >= 11 is 0. The number of rotatable bonds is 3. The van der Waals surface area contributed by atoms with E-state index in [1.807, 2.05) is 37.3 Å².